The van der Waals surface area contributed by atoms with Gasteiger partial charge in [0.2, 0.25) is 5.91 Å². The zero-order valence-electron chi connectivity index (χ0n) is 16.2. The van der Waals surface area contributed by atoms with E-state index in [1.54, 1.807) is 36.4 Å². The maximum atomic E-state index is 12.5. The summed E-state index contributed by atoms with van der Waals surface area (Å²) in [4.78, 5) is 26.9. The van der Waals surface area contributed by atoms with E-state index in [2.05, 4.69) is 15.5 Å². The summed E-state index contributed by atoms with van der Waals surface area (Å²) in [5, 5.41) is 5.70. The maximum Gasteiger partial charge on any atom is 0.255 e. The minimum atomic E-state index is -0.258. The SMILES string of the molecule is COc1cc(NC(=O)c2ccccc2)c(OC)cc1NC(=O)CN1CCCC1. The van der Waals surface area contributed by atoms with Crippen LogP contribution in [0.2, 0.25) is 0 Å². The molecule has 7 heteroatoms. The lowest BCUT2D eigenvalue weighted by Crippen LogP contribution is -2.31. The van der Waals surface area contributed by atoms with E-state index in [1.807, 2.05) is 6.07 Å². The van der Waals surface area contributed by atoms with Crippen molar-refractivity contribution in [3.63, 3.8) is 0 Å². The molecule has 0 unspecified atom stereocenters. The number of carbonyl (C=O) groups is 2. The molecule has 0 aliphatic carbocycles. The van der Waals surface area contributed by atoms with Crippen LogP contribution < -0.4 is 20.1 Å². The number of benzene rings is 2. The number of hydrogen-bond acceptors (Lipinski definition) is 5. The molecule has 1 aliphatic heterocycles. The third-order valence-corrected chi connectivity index (χ3v) is 4.65. The van der Waals surface area contributed by atoms with Crippen LogP contribution in [0.4, 0.5) is 11.4 Å². The Hall–Kier alpha value is -3.06. The molecule has 3 rings (SSSR count). The van der Waals surface area contributed by atoms with Crippen molar-refractivity contribution in [2.45, 2.75) is 12.8 Å². The molecule has 2 aromatic rings. The number of hydrogen-bond donors (Lipinski definition) is 2. The molecule has 0 aromatic heterocycles. The molecule has 7 nitrogen and oxygen atoms in total. The Kier molecular flexibility index (Phi) is 6.49. The molecule has 0 saturated carbocycles. The van der Waals surface area contributed by atoms with E-state index in [1.165, 1.54) is 14.2 Å². The number of nitrogens with zero attached hydrogens (tertiary/aromatic N) is 1. The smallest absolute Gasteiger partial charge is 0.255 e. The van der Waals surface area contributed by atoms with Gasteiger partial charge >= 0.3 is 0 Å². The van der Waals surface area contributed by atoms with Crippen LogP contribution in [-0.2, 0) is 4.79 Å². The van der Waals surface area contributed by atoms with Gasteiger partial charge in [0.15, 0.2) is 0 Å². The number of likely N-dealkylation sites (tertiary alicyclic amines) is 1. The molecule has 2 amide bonds. The molecular weight excluding hydrogens is 358 g/mol. The Balaban J connectivity index is 1.77. The second kappa shape index (κ2) is 9.23. The first-order chi connectivity index (χ1) is 13.6. The highest BCUT2D eigenvalue weighted by atomic mass is 16.5. The van der Waals surface area contributed by atoms with Crippen LogP contribution in [0.15, 0.2) is 42.5 Å². The van der Waals surface area contributed by atoms with Gasteiger partial charge in [0.1, 0.15) is 11.5 Å². The summed E-state index contributed by atoms with van der Waals surface area (Å²) in [6, 6.07) is 12.2. The molecule has 0 atom stereocenters. The fourth-order valence-corrected chi connectivity index (χ4v) is 3.21. The largest absolute Gasteiger partial charge is 0.494 e. The maximum absolute atomic E-state index is 12.5. The van der Waals surface area contributed by atoms with E-state index in [-0.39, 0.29) is 11.8 Å². The number of nitrogens with one attached hydrogen (secondary N) is 2. The molecule has 28 heavy (non-hydrogen) atoms. The van der Waals surface area contributed by atoms with Crippen LogP contribution in [0, 0.1) is 0 Å². The summed E-state index contributed by atoms with van der Waals surface area (Å²) < 4.78 is 10.8. The van der Waals surface area contributed by atoms with Crippen molar-refractivity contribution in [3.8, 4) is 11.5 Å². The summed E-state index contributed by atoms with van der Waals surface area (Å²) >= 11 is 0. The average Bonchev–Trinajstić information content (AvgIpc) is 3.22. The van der Waals surface area contributed by atoms with E-state index in [0.717, 1.165) is 25.9 Å². The number of rotatable bonds is 7. The lowest BCUT2D eigenvalue weighted by Gasteiger charge is -2.18. The highest BCUT2D eigenvalue weighted by Gasteiger charge is 2.19. The van der Waals surface area contributed by atoms with Crippen molar-refractivity contribution in [1.82, 2.24) is 4.90 Å². The molecule has 0 radical (unpaired) electrons. The minimum absolute atomic E-state index is 0.108. The normalized spacial score (nSPS) is 13.8. The summed E-state index contributed by atoms with van der Waals surface area (Å²) in [5.41, 5.74) is 1.50. The monoisotopic (exact) mass is 383 g/mol. The van der Waals surface area contributed by atoms with Gasteiger partial charge in [-0.15, -0.1) is 0 Å². The second-order valence-electron chi connectivity index (χ2n) is 6.60. The Labute approximate surface area is 164 Å². The second-order valence-corrected chi connectivity index (χ2v) is 6.60. The predicted octanol–water partition coefficient (Wildman–Crippen LogP) is 2.99. The van der Waals surface area contributed by atoms with Gasteiger partial charge in [0.25, 0.3) is 5.91 Å². The number of carbonyl (C=O) groups excluding carboxylic acids is 2. The summed E-state index contributed by atoms with van der Waals surface area (Å²) in [6.45, 7) is 2.23. The molecular formula is C21H25N3O4. The van der Waals surface area contributed by atoms with Gasteiger partial charge in [-0.05, 0) is 38.1 Å². The molecule has 0 spiro atoms. The Morgan fingerprint density at radius 3 is 2.07 bits per heavy atom. The van der Waals surface area contributed by atoms with E-state index >= 15 is 0 Å². The Morgan fingerprint density at radius 1 is 0.929 bits per heavy atom. The first-order valence-corrected chi connectivity index (χ1v) is 9.25. The molecule has 1 aliphatic rings. The molecule has 1 saturated heterocycles. The first kappa shape index (κ1) is 19.7. The van der Waals surface area contributed by atoms with Crippen LogP contribution in [0.5, 0.6) is 11.5 Å². The van der Waals surface area contributed by atoms with Crippen LogP contribution in [-0.4, -0.2) is 50.6 Å². The van der Waals surface area contributed by atoms with Crippen LogP contribution in [0.1, 0.15) is 23.2 Å². The lowest BCUT2D eigenvalue weighted by molar-refractivity contribution is -0.117. The number of amides is 2. The highest BCUT2D eigenvalue weighted by molar-refractivity contribution is 6.05. The zero-order valence-corrected chi connectivity index (χ0v) is 16.2. The van der Waals surface area contributed by atoms with E-state index < -0.39 is 0 Å². The van der Waals surface area contributed by atoms with Gasteiger partial charge in [0, 0.05) is 17.7 Å². The van der Waals surface area contributed by atoms with Crippen molar-refractivity contribution in [1.29, 1.82) is 0 Å². The standard InChI is InChI=1S/C21H25N3O4/c1-27-18-13-17(23-21(26)15-8-4-3-5-9-15)19(28-2)12-16(18)22-20(25)14-24-10-6-7-11-24/h3-5,8-9,12-13H,6-7,10-11,14H2,1-2H3,(H,22,25)(H,23,26). The Morgan fingerprint density at radius 2 is 1.50 bits per heavy atom. The molecule has 1 fully saturated rings. The van der Waals surface area contributed by atoms with Gasteiger partial charge in [0.05, 0.1) is 32.1 Å². The summed E-state index contributed by atoms with van der Waals surface area (Å²) in [6.07, 6.45) is 2.25. The molecule has 2 aromatic carbocycles. The topological polar surface area (TPSA) is 79.9 Å². The minimum Gasteiger partial charge on any atom is -0.494 e. The fourth-order valence-electron chi connectivity index (χ4n) is 3.21. The third kappa shape index (κ3) is 4.80. The number of methoxy groups -OCH3 is 2. The van der Waals surface area contributed by atoms with Crippen molar-refractivity contribution < 1.29 is 19.1 Å². The quantitative estimate of drug-likeness (QED) is 0.768. The van der Waals surface area contributed by atoms with Crippen molar-refractivity contribution in [3.05, 3.63) is 48.0 Å². The number of anilines is 2. The van der Waals surface area contributed by atoms with Gasteiger partial charge in [-0.1, -0.05) is 18.2 Å². The van der Waals surface area contributed by atoms with Gasteiger partial charge < -0.3 is 20.1 Å². The van der Waals surface area contributed by atoms with Gasteiger partial charge in [-0.3, -0.25) is 14.5 Å². The third-order valence-electron chi connectivity index (χ3n) is 4.65. The molecule has 1 heterocycles. The van der Waals surface area contributed by atoms with E-state index in [0.29, 0.717) is 35.0 Å². The van der Waals surface area contributed by atoms with E-state index in [4.69, 9.17) is 9.47 Å². The van der Waals surface area contributed by atoms with Crippen LogP contribution in [0.25, 0.3) is 0 Å². The summed E-state index contributed by atoms with van der Waals surface area (Å²) in [5.74, 6) is 0.510. The van der Waals surface area contributed by atoms with Gasteiger partial charge in [-0.2, -0.15) is 0 Å². The van der Waals surface area contributed by atoms with Crippen molar-refractivity contribution in [2.75, 3.05) is 44.5 Å². The fraction of sp³-hybridized carbons (Fsp3) is 0.333. The number of ether oxygens (including phenoxy) is 2. The molecule has 148 valence electrons. The van der Waals surface area contributed by atoms with Crippen molar-refractivity contribution in [2.24, 2.45) is 0 Å². The zero-order chi connectivity index (χ0) is 19.9. The first-order valence-electron chi connectivity index (χ1n) is 9.25. The van der Waals surface area contributed by atoms with Gasteiger partial charge in [-0.25, -0.2) is 0 Å². The van der Waals surface area contributed by atoms with E-state index in [9.17, 15) is 9.59 Å². The highest BCUT2D eigenvalue weighted by Crippen LogP contribution is 2.36. The average molecular weight is 383 g/mol. The predicted molar refractivity (Wildman–Crippen MR) is 108 cm³/mol. The van der Waals surface area contributed by atoms with Crippen LogP contribution >= 0.6 is 0 Å². The lowest BCUT2D eigenvalue weighted by atomic mass is 10.2. The summed E-state index contributed by atoms with van der Waals surface area (Å²) in [7, 11) is 3.02. The molecule has 0 bridgehead atoms. The van der Waals surface area contributed by atoms with Crippen molar-refractivity contribution >= 4 is 23.2 Å². The Bertz CT molecular complexity index is 833. The molecule has 2 N–H and O–H groups in total. The van der Waals surface area contributed by atoms with Crippen LogP contribution in [0.3, 0.4) is 0 Å².